The Morgan fingerprint density at radius 2 is 1.65 bits per heavy atom. The summed E-state index contributed by atoms with van der Waals surface area (Å²) in [6, 6.07) is 6.28. The molecule has 0 aliphatic carbocycles. The quantitative estimate of drug-likeness (QED) is 0.325. The summed E-state index contributed by atoms with van der Waals surface area (Å²) in [6.45, 7) is 0. The Hall–Kier alpha value is 1.01. The molecule has 0 unspecified atom stereocenters. The zero-order chi connectivity index (χ0) is 12.6. The van der Waals surface area contributed by atoms with Gasteiger partial charge in [-0.05, 0) is 28.8 Å². The smallest absolute Gasteiger partial charge is 1.00 e. The van der Waals surface area contributed by atoms with Crippen LogP contribution in [0.3, 0.4) is 0 Å². The molecule has 2 N–H and O–H groups in total. The molecule has 2 rings (SSSR count). The van der Waals surface area contributed by atoms with E-state index in [1.54, 1.807) is 0 Å². The average Bonchev–Trinajstić information content (AvgIpc) is 2.27. The van der Waals surface area contributed by atoms with Crippen molar-refractivity contribution in [2.24, 2.45) is 5.18 Å². The minimum Gasteiger partial charge on any atom is -1.00 e. The van der Waals surface area contributed by atoms with E-state index in [4.69, 9.17) is 4.55 Å². The van der Waals surface area contributed by atoms with E-state index in [0.29, 0.717) is 10.8 Å². The molecule has 20 heavy (non-hydrogen) atoms. The molecule has 0 saturated carbocycles. The van der Waals surface area contributed by atoms with Crippen molar-refractivity contribution in [3.05, 3.63) is 35.2 Å². The van der Waals surface area contributed by atoms with E-state index < -0.39 is 10.1 Å². The van der Waals surface area contributed by atoms with Crippen molar-refractivity contribution < 1.29 is 111 Å². The van der Waals surface area contributed by atoms with Gasteiger partial charge < -0.3 is 9.39 Å². The second kappa shape index (κ2) is 9.22. The number of phenols is 1. The summed E-state index contributed by atoms with van der Waals surface area (Å²) in [5.74, 6) is -0.285. The Kier molecular flexibility index (Phi) is 10.7. The van der Waals surface area contributed by atoms with Gasteiger partial charge in [-0.1, -0.05) is 12.1 Å². The number of hydrogen-bond acceptors (Lipinski definition) is 5. The number of rotatable bonds is 2. The molecular weight excluding hydrogens is 315 g/mol. The first-order valence-electron chi connectivity index (χ1n) is 4.50. The van der Waals surface area contributed by atoms with Gasteiger partial charge in [-0.2, -0.15) is 8.42 Å². The Bertz CT molecular complexity index is 733. The van der Waals surface area contributed by atoms with E-state index in [2.05, 4.69) is 5.18 Å². The summed E-state index contributed by atoms with van der Waals surface area (Å²) in [5, 5.41) is 12.7. The van der Waals surface area contributed by atoms with Crippen molar-refractivity contribution in [3.63, 3.8) is 0 Å². The zero-order valence-electron chi connectivity index (χ0n) is 14.4. The summed E-state index contributed by atoms with van der Waals surface area (Å²) >= 11 is 0. The fraction of sp³-hybridized carbons (Fsp3) is 0. The van der Waals surface area contributed by atoms with Gasteiger partial charge in [0, 0.05) is 5.39 Å². The van der Waals surface area contributed by atoms with Gasteiger partial charge in [0.05, 0.1) is 4.90 Å². The van der Waals surface area contributed by atoms with Crippen molar-refractivity contribution in [1.29, 1.82) is 0 Å². The molecule has 0 aromatic heterocycles. The van der Waals surface area contributed by atoms with Crippen LogP contribution in [0.2, 0.25) is 0 Å². The summed E-state index contributed by atoms with van der Waals surface area (Å²) < 4.78 is 30.7. The normalized spacial score (nSPS) is 9.85. The van der Waals surface area contributed by atoms with Crippen molar-refractivity contribution in [2.45, 2.75) is 4.90 Å². The number of phenolic OH excluding ortho intramolecular Hbond substituents is 1. The first kappa shape index (κ1) is 23.3. The molecule has 0 aliphatic heterocycles. The molecule has 0 spiro atoms. The van der Waals surface area contributed by atoms with Crippen LogP contribution in [-0.4, -0.2) is 18.1 Å². The molecule has 0 saturated heterocycles. The van der Waals surface area contributed by atoms with E-state index >= 15 is 0 Å². The van der Waals surface area contributed by atoms with E-state index in [-0.39, 0.29) is 109 Å². The monoisotopic (exact) mass is 325 g/mol. The molecule has 0 atom stereocenters. The van der Waals surface area contributed by atoms with Crippen LogP contribution in [0.4, 0.5) is 5.69 Å². The van der Waals surface area contributed by atoms with E-state index in [0.717, 1.165) is 6.07 Å². The van der Waals surface area contributed by atoms with Gasteiger partial charge in [-0.3, -0.25) is 4.55 Å². The Balaban J connectivity index is -0.000000180. The van der Waals surface area contributed by atoms with Crippen molar-refractivity contribution in [3.8, 4) is 5.75 Å². The molecular formula is C10H10NNa3O5S. The third-order valence-electron chi connectivity index (χ3n) is 2.33. The first-order valence-corrected chi connectivity index (χ1v) is 5.94. The van der Waals surface area contributed by atoms with Crippen LogP contribution in [0.5, 0.6) is 5.75 Å². The van der Waals surface area contributed by atoms with Crippen LogP contribution >= 0.6 is 0 Å². The third-order valence-corrected chi connectivity index (χ3v) is 3.18. The molecule has 94 valence electrons. The van der Waals surface area contributed by atoms with E-state index in [1.807, 2.05) is 0 Å². The molecule has 0 radical (unpaired) electrons. The number of hydrogen-bond donors (Lipinski definition) is 2. The summed E-state index contributed by atoms with van der Waals surface area (Å²) in [5.41, 5.74) is -0.163. The van der Waals surface area contributed by atoms with Gasteiger partial charge >= 0.3 is 88.7 Å². The number of benzene rings is 2. The summed E-state index contributed by atoms with van der Waals surface area (Å²) in [4.78, 5) is 10.3. The fourth-order valence-corrected chi connectivity index (χ4v) is 2.05. The second-order valence-corrected chi connectivity index (χ2v) is 4.80. The number of fused-ring (bicyclic) bond motifs is 1. The van der Waals surface area contributed by atoms with Crippen LogP contribution in [0, 0.1) is 4.91 Å². The van der Waals surface area contributed by atoms with Gasteiger partial charge in [0.2, 0.25) is 0 Å². The van der Waals surface area contributed by atoms with E-state index in [1.165, 1.54) is 24.3 Å². The number of aromatic hydroxyl groups is 1. The minimum absolute atomic E-state index is 0. The van der Waals surface area contributed by atoms with Crippen LogP contribution in [-0.2, 0) is 10.1 Å². The summed E-state index contributed by atoms with van der Waals surface area (Å²) in [6.07, 6.45) is 0. The topological polar surface area (TPSA) is 104 Å². The predicted molar refractivity (Wildman–Crippen MR) is 64.2 cm³/mol. The average molecular weight is 325 g/mol. The van der Waals surface area contributed by atoms with Gasteiger partial charge in [0.15, 0.2) is 5.69 Å². The van der Waals surface area contributed by atoms with Crippen LogP contribution < -0.4 is 88.7 Å². The van der Waals surface area contributed by atoms with Crippen LogP contribution in [0.15, 0.2) is 40.4 Å². The predicted octanol–water partition coefficient (Wildman–Crippen LogP) is -6.46. The Morgan fingerprint density at radius 1 is 1.05 bits per heavy atom. The van der Waals surface area contributed by atoms with Crippen molar-refractivity contribution in [2.75, 3.05) is 0 Å². The fourth-order valence-electron chi connectivity index (χ4n) is 1.54. The standard InChI is InChI=1S/C10H7NO5S.3Na.3H/c12-9-4-1-6-5-7(17(14,15)16)2-3-8(6)10(9)11-13;;;;;;/h1-5,12H,(H,14,15,16);;;;;;/q;3*+1;3*-1. The van der Waals surface area contributed by atoms with Gasteiger partial charge in [0.1, 0.15) is 5.75 Å². The van der Waals surface area contributed by atoms with Gasteiger partial charge in [-0.15, -0.1) is 4.91 Å². The Labute approximate surface area is 186 Å². The maximum Gasteiger partial charge on any atom is 1.00 e. The maximum absolute atomic E-state index is 10.9. The van der Waals surface area contributed by atoms with Crippen LogP contribution in [0.25, 0.3) is 10.8 Å². The zero-order valence-corrected chi connectivity index (χ0v) is 18.2. The molecule has 6 nitrogen and oxygen atoms in total. The molecule has 0 bridgehead atoms. The minimum atomic E-state index is -4.30. The van der Waals surface area contributed by atoms with Crippen molar-refractivity contribution in [1.82, 2.24) is 0 Å². The van der Waals surface area contributed by atoms with Gasteiger partial charge in [0.25, 0.3) is 10.1 Å². The molecule has 0 aliphatic rings. The molecule has 2 aromatic rings. The molecule has 0 fully saturated rings. The van der Waals surface area contributed by atoms with E-state index in [9.17, 15) is 18.4 Å². The maximum atomic E-state index is 10.9. The number of nitroso groups, excluding NO2 is 1. The SMILES string of the molecule is O=Nc1c(O)ccc2cc(S(=O)(=O)O)ccc12.[H-].[H-].[H-].[Na+].[Na+].[Na+]. The molecule has 2 aromatic carbocycles. The largest absolute Gasteiger partial charge is 1.00 e. The molecule has 0 heterocycles. The molecule has 0 amide bonds. The Morgan fingerprint density at radius 3 is 2.15 bits per heavy atom. The van der Waals surface area contributed by atoms with Crippen LogP contribution in [0.1, 0.15) is 4.28 Å². The first-order chi connectivity index (χ1) is 7.93. The summed E-state index contributed by atoms with van der Waals surface area (Å²) in [7, 11) is -4.30. The van der Waals surface area contributed by atoms with Crippen molar-refractivity contribution >= 4 is 26.6 Å². The molecule has 10 heteroatoms. The number of nitrogens with zero attached hydrogens (tertiary/aromatic N) is 1. The second-order valence-electron chi connectivity index (χ2n) is 3.38. The third kappa shape index (κ3) is 5.03. The van der Waals surface area contributed by atoms with Gasteiger partial charge in [-0.25, -0.2) is 0 Å².